The van der Waals surface area contributed by atoms with Crippen molar-refractivity contribution in [1.29, 1.82) is 0 Å². The Bertz CT molecular complexity index is 517. The van der Waals surface area contributed by atoms with Crippen molar-refractivity contribution in [2.45, 2.75) is 6.42 Å². The van der Waals surface area contributed by atoms with Crippen LogP contribution >= 0.6 is 0 Å². The maximum absolute atomic E-state index is 13.1. The van der Waals surface area contributed by atoms with Gasteiger partial charge in [-0.1, -0.05) is 18.2 Å². The second kappa shape index (κ2) is 6.64. The van der Waals surface area contributed by atoms with Crippen LogP contribution in [0.5, 0.6) is 11.5 Å². The van der Waals surface area contributed by atoms with Gasteiger partial charge in [-0.25, -0.2) is 4.39 Å². The smallest absolute Gasteiger partial charge is 0.149 e. The number of benzene rings is 2. The average molecular weight is 261 g/mol. The van der Waals surface area contributed by atoms with Crippen LogP contribution in [0.3, 0.4) is 0 Å². The fraction of sp³-hybridized carbons (Fsp3) is 0.200. The summed E-state index contributed by atoms with van der Waals surface area (Å²) in [5.74, 6) is 0.852. The maximum atomic E-state index is 13.1. The third-order valence-corrected chi connectivity index (χ3v) is 2.54. The van der Waals surface area contributed by atoms with Gasteiger partial charge in [-0.3, -0.25) is 0 Å². The van der Waals surface area contributed by atoms with E-state index in [2.05, 4.69) is 0 Å². The lowest BCUT2D eigenvalue weighted by molar-refractivity contribution is 0.247. The number of rotatable bonds is 6. The molecule has 2 aromatic carbocycles. The largest absolute Gasteiger partial charge is 0.493 e. The van der Waals surface area contributed by atoms with Crippen LogP contribution in [0.1, 0.15) is 6.42 Å². The van der Waals surface area contributed by atoms with Crippen molar-refractivity contribution in [2.75, 3.05) is 18.9 Å². The summed E-state index contributed by atoms with van der Waals surface area (Å²) in [4.78, 5) is 0. The summed E-state index contributed by atoms with van der Waals surface area (Å²) in [6.45, 7) is 1.03. The van der Waals surface area contributed by atoms with E-state index < -0.39 is 5.82 Å². The average Bonchev–Trinajstić information content (AvgIpc) is 2.43. The van der Waals surface area contributed by atoms with Gasteiger partial charge in [0.2, 0.25) is 0 Å². The first-order chi connectivity index (χ1) is 9.25. The Labute approximate surface area is 111 Å². The van der Waals surface area contributed by atoms with Crippen molar-refractivity contribution in [3.05, 3.63) is 54.3 Å². The minimum absolute atomic E-state index is 0.125. The van der Waals surface area contributed by atoms with Crippen molar-refractivity contribution >= 4 is 5.69 Å². The highest BCUT2D eigenvalue weighted by molar-refractivity contribution is 5.43. The lowest BCUT2D eigenvalue weighted by atomic mass is 10.3. The van der Waals surface area contributed by atoms with Gasteiger partial charge in [0.25, 0.3) is 0 Å². The van der Waals surface area contributed by atoms with Crippen LogP contribution in [0.25, 0.3) is 0 Å². The molecule has 0 aliphatic heterocycles. The topological polar surface area (TPSA) is 44.5 Å². The molecule has 2 aromatic rings. The number of para-hydroxylation sites is 1. The number of hydrogen-bond acceptors (Lipinski definition) is 3. The minimum Gasteiger partial charge on any atom is -0.493 e. The lowest BCUT2D eigenvalue weighted by Gasteiger charge is -2.08. The molecule has 0 radical (unpaired) electrons. The predicted molar refractivity (Wildman–Crippen MR) is 72.9 cm³/mol. The Morgan fingerprint density at radius 2 is 1.58 bits per heavy atom. The Hall–Kier alpha value is -2.23. The molecular formula is C15H16FNO2. The standard InChI is InChI=1S/C15H16FNO2/c16-14-11-13(7-8-15(14)17)19-10-4-9-18-12-5-2-1-3-6-12/h1-3,5-8,11H,4,9-10,17H2. The van der Waals surface area contributed by atoms with E-state index in [9.17, 15) is 4.39 Å². The summed E-state index contributed by atoms with van der Waals surface area (Å²) >= 11 is 0. The van der Waals surface area contributed by atoms with Gasteiger partial charge in [-0.2, -0.15) is 0 Å². The molecule has 19 heavy (non-hydrogen) atoms. The summed E-state index contributed by atoms with van der Waals surface area (Å²) in [5, 5.41) is 0. The van der Waals surface area contributed by atoms with E-state index in [-0.39, 0.29) is 5.69 Å². The molecule has 3 nitrogen and oxygen atoms in total. The third kappa shape index (κ3) is 4.17. The summed E-state index contributed by atoms with van der Waals surface area (Å²) in [6.07, 6.45) is 0.723. The zero-order chi connectivity index (χ0) is 13.5. The monoisotopic (exact) mass is 261 g/mol. The van der Waals surface area contributed by atoms with Crippen molar-refractivity contribution < 1.29 is 13.9 Å². The second-order valence-corrected chi connectivity index (χ2v) is 4.05. The van der Waals surface area contributed by atoms with Gasteiger partial charge < -0.3 is 15.2 Å². The highest BCUT2D eigenvalue weighted by atomic mass is 19.1. The third-order valence-electron chi connectivity index (χ3n) is 2.54. The van der Waals surface area contributed by atoms with E-state index in [1.807, 2.05) is 30.3 Å². The molecule has 0 aromatic heterocycles. The highest BCUT2D eigenvalue weighted by Gasteiger charge is 2.00. The molecule has 0 heterocycles. The molecule has 0 spiro atoms. The van der Waals surface area contributed by atoms with E-state index in [1.165, 1.54) is 12.1 Å². The van der Waals surface area contributed by atoms with Gasteiger partial charge in [-0.15, -0.1) is 0 Å². The second-order valence-electron chi connectivity index (χ2n) is 4.05. The van der Waals surface area contributed by atoms with Crippen molar-refractivity contribution in [1.82, 2.24) is 0 Å². The van der Waals surface area contributed by atoms with E-state index >= 15 is 0 Å². The maximum Gasteiger partial charge on any atom is 0.149 e. The molecule has 0 saturated heterocycles. The SMILES string of the molecule is Nc1ccc(OCCCOc2ccccc2)cc1F. The molecule has 4 heteroatoms. The van der Waals surface area contributed by atoms with E-state index in [0.717, 1.165) is 12.2 Å². The summed E-state index contributed by atoms with van der Waals surface area (Å²) in [6, 6.07) is 14.0. The van der Waals surface area contributed by atoms with Crippen LogP contribution in [0, 0.1) is 5.82 Å². The molecule has 2 N–H and O–H groups in total. The summed E-state index contributed by atoms with van der Waals surface area (Å²) in [5.41, 5.74) is 5.50. The van der Waals surface area contributed by atoms with Crippen LogP contribution in [-0.4, -0.2) is 13.2 Å². The van der Waals surface area contributed by atoms with Gasteiger partial charge >= 0.3 is 0 Å². The molecule has 2 rings (SSSR count). The van der Waals surface area contributed by atoms with Crippen LogP contribution in [-0.2, 0) is 0 Å². The molecule has 0 amide bonds. The molecule has 0 atom stereocenters. The molecule has 0 aliphatic carbocycles. The lowest BCUT2D eigenvalue weighted by Crippen LogP contribution is -2.05. The number of nitrogen functional groups attached to an aromatic ring is 1. The normalized spacial score (nSPS) is 10.2. The molecule has 0 aliphatic rings. The van der Waals surface area contributed by atoms with Crippen molar-refractivity contribution in [2.24, 2.45) is 0 Å². The van der Waals surface area contributed by atoms with Gasteiger partial charge in [0.1, 0.15) is 17.3 Å². The summed E-state index contributed by atoms with van der Waals surface area (Å²) < 4.78 is 24.1. The van der Waals surface area contributed by atoms with Gasteiger partial charge in [0.05, 0.1) is 18.9 Å². The number of halogens is 1. The van der Waals surface area contributed by atoms with Crippen molar-refractivity contribution in [3.8, 4) is 11.5 Å². The van der Waals surface area contributed by atoms with E-state index in [0.29, 0.717) is 19.0 Å². The van der Waals surface area contributed by atoms with Gasteiger partial charge in [0.15, 0.2) is 0 Å². The first-order valence-electron chi connectivity index (χ1n) is 6.11. The molecule has 0 fully saturated rings. The van der Waals surface area contributed by atoms with Gasteiger partial charge in [0, 0.05) is 12.5 Å². The Morgan fingerprint density at radius 3 is 2.26 bits per heavy atom. The number of ether oxygens (including phenoxy) is 2. The Balaban J connectivity index is 1.68. The first-order valence-corrected chi connectivity index (χ1v) is 6.11. The number of nitrogens with two attached hydrogens (primary N) is 1. The predicted octanol–water partition coefficient (Wildman–Crippen LogP) is 3.26. The fourth-order valence-corrected chi connectivity index (χ4v) is 1.55. The zero-order valence-corrected chi connectivity index (χ0v) is 10.5. The van der Waals surface area contributed by atoms with Crippen LogP contribution in [0.2, 0.25) is 0 Å². The molecule has 100 valence electrons. The Morgan fingerprint density at radius 1 is 0.895 bits per heavy atom. The first kappa shape index (κ1) is 13.2. The number of anilines is 1. The van der Waals surface area contributed by atoms with Crippen molar-refractivity contribution in [3.63, 3.8) is 0 Å². The van der Waals surface area contributed by atoms with Crippen LogP contribution in [0.4, 0.5) is 10.1 Å². The van der Waals surface area contributed by atoms with Crippen LogP contribution < -0.4 is 15.2 Å². The van der Waals surface area contributed by atoms with E-state index in [1.54, 1.807) is 6.07 Å². The quantitative estimate of drug-likeness (QED) is 0.641. The van der Waals surface area contributed by atoms with E-state index in [4.69, 9.17) is 15.2 Å². The zero-order valence-electron chi connectivity index (χ0n) is 10.5. The highest BCUT2D eigenvalue weighted by Crippen LogP contribution is 2.18. The minimum atomic E-state index is -0.460. The molecule has 0 saturated carbocycles. The van der Waals surface area contributed by atoms with Gasteiger partial charge in [-0.05, 0) is 24.3 Å². The van der Waals surface area contributed by atoms with Crippen LogP contribution in [0.15, 0.2) is 48.5 Å². The molecule has 0 bridgehead atoms. The fourth-order valence-electron chi connectivity index (χ4n) is 1.55. The Kier molecular flexibility index (Phi) is 4.61. The molecule has 0 unspecified atom stereocenters. The molecular weight excluding hydrogens is 245 g/mol. The summed E-state index contributed by atoms with van der Waals surface area (Å²) in [7, 11) is 0. The number of hydrogen-bond donors (Lipinski definition) is 1.